The maximum absolute atomic E-state index is 13.5. The van der Waals surface area contributed by atoms with Crippen LogP contribution >= 0.6 is 0 Å². The third kappa shape index (κ3) is 3.15. The van der Waals surface area contributed by atoms with Crippen molar-refractivity contribution >= 4 is 0 Å². The molecule has 2 rings (SSSR count). The lowest BCUT2D eigenvalue weighted by Gasteiger charge is -2.15. The molecule has 2 aromatic rings. The molecule has 0 aliphatic heterocycles. The van der Waals surface area contributed by atoms with E-state index in [0.29, 0.717) is 5.56 Å². The second-order valence-corrected chi connectivity index (χ2v) is 4.55. The first kappa shape index (κ1) is 13.6. The normalized spacial score (nSPS) is 12.5. The van der Waals surface area contributed by atoms with E-state index in [1.807, 2.05) is 0 Å². The third-order valence-corrected chi connectivity index (χ3v) is 3.08. The Balaban J connectivity index is 2.25. The van der Waals surface area contributed by atoms with Crippen molar-refractivity contribution < 1.29 is 13.2 Å². The molecule has 0 saturated heterocycles. The molecule has 0 radical (unpaired) electrons. The van der Waals surface area contributed by atoms with Crippen molar-refractivity contribution in [1.82, 2.24) is 0 Å². The van der Waals surface area contributed by atoms with Crippen molar-refractivity contribution in [3.05, 3.63) is 70.5 Å². The van der Waals surface area contributed by atoms with E-state index in [4.69, 9.17) is 5.73 Å². The van der Waals surface area contributed by atoms with Crippen LogP contribution in [0, 0.1) is 24.4 Å². The average Bonchev–Trinajstić information content (AvgIpc) is 2.33. The number of rotatable bonds is 3. The van der Waals surface area contributed by atoms with Crippen molar-refractivity contribution in [1.29, 1.82) is 0 Å². The number of benzene rings is 2. The lowest BCUT2D eigenvalue weighted by Crippen LogP contribution is -2.15. The van der Waals surface area contributed by atoms with Crippen LogP contribution in [0.15, 0.2) is 36.4 Å². The fourth-order valence-corrected chi connectivity index (χ4v) is 2.10. The summed E-state index contributed by atoms with van der Waals surface area (Å²) in [5.74, 6) is -1.33. The van der Waals surface area contributed by atoms with Gasteiger partial charge in [-0.2, -0.15) is 0 Å². The zero-order chi connectivity index (χ0) is 14.0. The fourth-order valence-electron chi connectivity index (χ4n) is 2.10. The van der Waals surface area contributed by atoms with Gasteiger partial charge in [-0.05, 0) is 60.4 Å². The molecule has 0 aromatic heterocycles. The van der Waals surface area contributed by atoms with Crippen LogP contribution < -0.4 is 5.73 Å². The van der Waals surface area contributed by atoms with Crippen LogP contribution in [0.5, 0.6) is 0 Å². The SMILES string of the molecule is Cc1cc(F)ccc1C(N)Cc1cc(F)ccc1F. The molecular weight excluding hydrogens is 251 g/mol. The molecule has 0 spiro atoms. The first-order chi connectivity index (χ1) is 8.97. The van der Waals surface area contributed by atoms with Gasteiger partial charge >= 0.3 is 0 Å². The van der Waals surface area contributed by atoms with E-state index in [1.54, 1.807) is 13.0 Å². The van der Waals surface area contributed by atoms with Crippen LogP contribution in [0.3, 0.4) is 0 Å². The Bertz CT molecular complexity index is 596. The molecule has 0 bridgehead atoms. The van der Waals surface area contributed by atoms with Gasteiger partial charge < -0.3 is 5.73 Å². The zero-order valence-corrected chi connectivity index (χ0v) is 10.5. The van der Waals surface area contributed by atoms with Gasteiger partial charge in [0.1, 0.15) is 17.5 Å². The molecule has 1 atom stereocenters. The zero-order valence-electron chi connectivity index (χ0n) is 10.5. The topological polar surface area (TPSA) is 26.0 Å². The minimum absolute atomic E-state index is 0.163. The smallest absolute Gasteiger partial charge is 0.126 e. The van der Waals surface area contributed by atoms with Crippen LogP contribution in [-0.4, -0.2) is 0 Å². The van der Waals surface area contributed by atoms with Crippen molar-refractivity contribution in [3.8, 4) is 0 Å². The van der Waals surface area contributed by atoms with Crippen LogP contribution in [0.4, 0.5) is 13.2 Å². The summed E-state index contributed by atoms with van der Waals surface area (Å²) in [5.41, 5.74) is 7.63. The summed E-state index contributed by atoms with van der Waals surface area (Å²) < 4.78 is 39.6. The van der Waals surface area contributed by atoms with Crippen molar-refractivity contribution in [2.24, 2.45) is 5.73 Å². The maximum atomic E-state index is 13.5. The molecule has 2 aromatic carbocycles. The highest BCUT2D eigenvalue weighted by atomic mass is 19.1. The van der Waals surface area contributed by atoms with Crippen molar-refractivity contribution in [3.63, 3.8) is 0 Å². The minimum atomic E-state index is -0.503. The molecule has 100 valence electrons. The monoisotopic (exact) mass is 265 g/mol. The van der Waals surface area contributed by atoms with Crippen LogP contribution in [-0.2, 0) is 6.42 Å². The Morgan fingerprint density at radius 2 is 1.63 bits per heavy atom. The summed E-state index contributed by atoms with van der Waals surface area (Å²) in [7, 11) is 0. The molecule has 0 amide bonds. The van der Waals surface area contributed by atoms with Gasteiger partial charge in [0.25, 0.3) is 0 Å². The van der Waals surface area contributed by atoms with Crippen molar-refractivity contribution in [2.45, 2.75) is 19.4 Å². The van der Waals surface area contributed by atoms with E-state index in [-0.39, 0.29) is 17.8 Å². The Labute approximate surface area is 109 Å². The summed E-state index contributed by atoms with van der Waals surface area (Å²) in [6, 6.07) is 7.03. The van der Waals surface area contributed by atoms with E-state index in [2.05, 4.69) is 0 Å². The molecule has 2 N–H and O–H groups in total. The number of hydrogen-bond donors (Lipinski definition) is 1. The summed E-state index contributed by atoms with van der Waals surface area (Å²) in [6.07, 6.45) is 0.163. The lowest BCUT2D eigenvalue weighted by atomic mass is 9.96. The number of hydrogen-bond acceptors (Lipinski definition) is 1. The Morgan fingerprint density at radius 1 is 1.00 bits per heavy atom. The highest BCUT2D eigenvalue weighted by Gasteiger charge is 2.13. The Hall–Kier alpha value is -1.81. The maximum Gasteiger partial charge on any atom is 0.126 e. The largest absolute Gasteiger partial charge is 0.324 e. The molecule has 0 aliphatic rings. The van der Waals surface area contributed by atoms with Gasteiger partial charge in [0.05, 0.1) is 0 Å². The molecule has 0 heterocycles. The second-order valence-electron chi connectivity index (χ2n) is 4.55. The molecule has 0 fully saturated rings. The Morgan fingerprint density at radius 3 is 2.32 bits per heavy atom. The van der Waals surface area contributed by atoms with E-state index >= 15 is 0 Å². The molecule has 19 heavy (non-hydrogen) atoms. The highest BCUT2D eigenvalue weighted by molar-refractivity contribution is 5.31. The first-order valence-corrected chi connectivity index (χ1v) is 5.93. The molecule has 1 nitrogen and oxygen atoms in total. The van der Waals surface area contributed by atoms with E-state index in [9.17, 15) is 13.2 Å². The summed E-state index contributed by atoms with van der Waals surface area (Å²) in [5, 5.41) is 0. The van der Waals surface area contributed by atoms with Gasteiger partial charge in [-0.1, -0.05) is 6.07 Å². The number of aryl methyl sites for hydroxylation is 1. The van der Waals surface area contributed by atoms with Crippen LogP contribution in [0.25, 0.3) is 0 Å². The molecule has 1 unspecified atom stereocenters. The average molecular weight is 265 g/mol. The minimum Gasteiger partial charge on any atom is -0.324 e. The third-order valence-electron chi connectivity index (χ3n) is 3.08. The van der Waals surface area contributed by atoms with E-state index < -0.39 is 17.7 Å². The van der Waals surface area contributed by atoms with Crippen LogP contribution in [0.2, 0.25) is 0 Å². The second kappa shape index (κ2) is 5.45. The van der Waals surface area contributed by atoms with Crippen molar-refractivity contribution in [2.75, 3.05) is 0 Å². The summed E-state index contributed by atoms with van der Waals surface area (Å²) in [6.45, 7) is 1.74. The summed E-state index contributed by atoms with van der Waals surface area (Å²) in [4.78, 5) is 0. The lowest BCUT2D eigenvalue weighted by molar-refractivity contribution is 0.571. The molecule has 0 aliphatic carbocycles. The fraction of sp³-hybridized carbons (Fsp3) is 0.200. The predicted octanol–water partition coefficient (Wildman–Crippen LogP) is 3.65. The van der Waals surface area contributed by atoms with Gasteiger partial charge in [-0.3, -0.25) is 0 Å². The molecular formula is C15H14F3N. The van der Waals surface area contributed by atoms with Crippen LogP contribution in [0.1, 0.15) is 22.7 Å². The first-order valence-electron chi connectivity index (χ1n) is 5.93. The standard InChI is InChI=1S/C15H14F3N/c1-9-6-11(16)2-4-13(9)15(19)8-10-7-12(17)3-5-14(10)18/h2-7,15H,8,19H2,1H3. The van der Waals surface area contributed by atoms with Gasteiger partial charge in [0, 0.05) is 6.04 Å². The van der Waals surface area contributed by atoms with Gasteiger partial charge in [-0.25, -0.2) is 13.2 Å². The highest BCUT2D eigenvalue weighted by Crippen LogP contribution is 2.22. The number of halogens is 3. The van der Waals surface area contributed by atoms with Gasteiger partial charge in [-0.15, -0.1) is 0 Å². The quantitative estimate of drug-likeness (QED) is 0.900. The van der Waals surface area contributed by atoms with Gasteiger partial charge in [0.15, 0.2) is 0 Å². The Kier molecular flexibility index (Phi) is 3.90. The predicted molar refractivity (Wildman–Crippen MR) is 68.1 cm³/mol. The van der Waals surface area contributed by atoms with Gasteiger partial charge in [0.2, 0.25) is 0 Å². The molecule has 0 saturated carbocycles. The van der Waals surface area contributed by atoms with E-state index in [1.165, 1.54) is 12.1 Å². The summed E-state index contributed by atoms with van der Waals surface area (Å²) >= 11 is 0. The number of nitrogens with two attached hydrogens (primary N) is 1. The van der Waals surface area contributed by atoms with E-state index in [0.717, 1.165) is 23.8 Å². The molecule has 4 heteroatoms.